The van der Waals surface area contributed by atoms with Gasteiger partial charge in [0.1, 0.15) is 35.2 Å². The number of nitrogens with one attached hydrogen (secondary N) is 1. The topological polar surface area (TPSA) is 55.6 Å². The Morgan fingerprint density at radius 2 is 2.00 bits per heavy atom. The van der Waals surface area contributed by atoms with Crippen molar-refractivity contribution in [3.8, 4) is 17.0 Å². The van der Waals surface area contributed by atoms with E-state index in [1.807, 2.05) is 9.78 Å². The predicted octanol–water partition coefficient (Wildman–Crippen LogP) is 4.84. The number of thiazole rings is 1. The average Bonchev–Trinajstić information content (AvgIpc) is 3.23. The highest BCUT2D eigenvalue weighted by molar-refractivity contribution is 7.15. The molecule has 148 valence electrons. The zero-order chi connectivity index (χ0) is 19.7. The molecule has 0 spiro atoms. The number of carbonyl (C=O) groups is 1. The SMILES string of the molecule is COc1cc(F)c(-c2nc3scc(CC=O)n3c2NC2CCCCC2)c(F)c1. The number of ether oxygens (including phenoxy) is 1. The van der Waals surface area contributed by atoms with Gasteiger partial charge in [-0.2, -0.15) is 0 Å². The summed E-state index contributed by atoms with van der Waals surface area (Å²) >= 11 is 1.35. The first-order chi connectivity index (χ1) is 13.6. The number of imidazole rings is 1. The highest BCUT2D eigenvalue weighted by atomic mass is 32.1. The normalized spacial score (nSPS) is 15.1. The number of halogens is 2. The van der Waals surface area contributed by atoms with E-state index in [9.17, 15) is 13.6 Å². The van der Waals surface area contributed by atoms with E-state index >= 15 is 0 Å². The van der Waals surface area contributed by atoms with Gasteiger partial charge in [0.05, 0.1) is 12.7 Å². The zero-order valence-electron chi connectivity index (χ0n) is 15.5. The van der Waals surface area contributed by atoms with Gasteiger partial charge in [-0.25, -0.2) is 13.8 Å². The van der Waals surface area contributed by atoms with Gasteiger partial charge >= 0.3 is 0 Å². The second kappa shape index (κ2) is 7.87. The molecule has 0 atom stereocenters. The van der Waals surface area contributed by atoms with Gasteiger partial charge in [-0.1, -0.05) is 19.3 Å². The van der Waals surface area contributed by atoms with Gasteiger partial charge in [0, 0.05) is 35.7 Å². The van der Waals surface area contributed by atoms with Gasteiger partial charge in [-0.3, -0.25) is 4.40 Å². The Hall–Kier alpha value is -2.48. The largest absolute Gasteiger partial charge is 0.497 e. The van der Waals surface area contributed by atoms with Crippen molar-refractivity contribution in [3.05, 3.63) is 34.8 Å². The van der Waals surface area contributed by atoms with Crippen LogP contribution in [0.5, 0.6) is 5.75 Å². The molecule has 1 fully saturated rings. The molecule has 0 unspecified atom stereocenters. The number of hydrogen-bond donors (Lipinski definition) is 1. The molecule has 1 N–H and O–H groups in total. The Balaban J connectivity index is 1.88. The molecule has 2 aromatic heterocycles. The van der Waals surface area contributed by atoms with Crippen LogP contribution in [-0.4, -0.2) is 28.8 Å². The van der Waals surface area contributed by atoms with Crippen LogP contribution in [-0.2, 0) is 11.2 Å². The first kappa shape index (κ1) is 18.9. The predicted molar refractivity (Wildman–Crippen MR) is 105 cm³/mol. The Morgan fingerprint density at radius 1 is 1.29 bits per heavy atom. The Morgan fingerprint density at radius 3 is 2.64 bits per heavy atom. The van der Waals surface area contributed by atoms with Crippen molar-refractivity contribution in [1.29, 1.82) is 0 Å². The molecule has 3 aromatic rings. The molecule has 5 nitrogen and oxygen atoms in total. The van der Waals surface area contributed by atoms with Gasteiger partial charge < -0.3 is 14.8 Å². The zero-order valence-corrected chi connectivity index (χ0v) is 16.3. The summed E-state index contributed by atoms with van der Waals surface area (Å²) in [5.41, 5.74) is 0.788. The lowest BCUT2D eigenvalue weighted by Gasteiger charge is -2.24. The van der Waals surface area contributed by atoms with Gasteiger partial charge in [0.2, 0.25) is 0 Å². The van der Waals surface area contributed by atoms with Crippen LogP contribution in [0, 0.1) is 11.6 Å². The molecule has 0 saturated heterocycles. The minimum absolute atomic E-state index is 0.114. The average molecular weight is 405 g/mol. The minimum atomic E-state index is -0.730. The standard InChI is InChI=1S/C20H21F2N3O2S/c1-27-14-9-15(21)17(16(22)10-14)18-19(23-12-5-3-2-4-6-12)25-13(7-8-26)11-28-20(25)24-18/h8-12,23H,2-7H2,1H3. The van der Waals surface area contributed by atoms with Crippen LogP contribution < -0.4 is 10.1 Å². The smallest absolute Gasteiger partial charge is 0.196 e. The van der Waals surface area contributed by atoms with Crippen LogP contribution in [0.4, 0.5) is 14.6 Å². The maximum atomic E-state index is 14.8. The summed E-state index contributed by atoms with van der Waals surface area (Å²) in [6.07, 6.45) is 6.45. The van der Waals surface area contributed by atoms with Gasteiger partial charge in [0.15, 0.2) is 4.96 Å². The highest BCUT2D eigenvalue weighted by Gasteiger charge is 2.26. The summed E-state index contributed by atoms with van der Waals surface area (Å²) in [7, 11) is 1.36. The van der Waals surface area contributed by atoms with Crippen LogP contribution in [0.25, 0.3) is 16.2 Å². The Labute approximate surface area is 165 Å². The fourth-order valence-corrected chi connectivity index (χ4v) is 4.69. The number of aromatic nitrogens is 2. The van der Waals surface area contributed by atoms with Crippen molar-refractivity contribution < 1.29 is 18.3 Å². The third-order valence-electron chi connectivity index (χ3n) is 5.16. The Bertz CT molecular complexity index is 985. The lowest BCUT2D eigenvalue weighted by molar-refractivity contribution is -0.107. The molecular formula is C20H21F2N3O2S. The molecule has 4 rings (SSSR count). The van der Waals surface area contributed by atoms with E-state index in [4.69, 9.17) is 4.74 Å². The number of rotatable bonds is 6. The van der Waals surface area contributed by atoms with Crippen LogP contribution >= 0.6 is 11.3 Å². The second-order valence-corrected chi connectivity index (χ2v) is 7.81. The summed E-state index contributed by atoms with van der Waals surface area (Å²) in [4.78, 5) is 16.2. The van der Waals surface area contributed by atoms with E-state index in [0.717, 1.165) is 49.8 Å². The molecule has 8 heteroatoms. The highest BCUT2D eigenvalue weighted by Crippen LogP contribution is 2.38. The lowest BCUT2D eigenvalue weighted by atomic mass is 9.95. The molecule has 2 heterocycles. The minimum Gasteiger partial charge on any atom is -0.497 e. The summed E-state index contributed by atoms with van der Waals surface area (Å²) < 4.78 is 36.3. The molecule has 28 heavy (non-hydrogen) atoms. The van der Waals surface area contributed by atoms with E-state index in [0.29, 0.717) is 10.8 Å². The Kier molecular flexibility index (Phi) is 5.30. The molecule has 0 amide bonds. The van der Waals surface area contributed by atoms with Crippen LogP contribution in [0.2, 0.25) is 0 Å². The molecule has 1 aliphatic carbocycles. The van der Waals surface area contributed by atoms with Gasteiger partial charge in [-0.05, 0) is 12.8 Å². The summed E-state index contributed by atoms with van der Waals surface area (Å²) in [6, 6.07) is 2.52. The van der Waals surface area contributed by atoms with Gasteiger partial charge in [0.25, 0.3) is 0 Å². The van der Waals surface area contributed by atoms with Crippen molar-refractivity contribution in [3.63, 3.8) is 0 Å². The van der Waals surface area contributed by atoms with E-state index in [1.165, 1.54) is 24.9 Å². The summed E-state index contributed by atoms with van der Waals surface area (Å²) in [6.45, 7) is 0. The van der Waals surface area contributed by atoms with Crippen molar-refractivity contribution in [2.75, 3.05) is 12.4 Å². The van der Waals surface area contributed by atoms with E-state index in [-0.39, 0.29) is 29.5 Å². The molecule has 1 aliphatic rings. The van der Waals surface area contributed by atoms with Crippen molar-refractivity contribution in [2.24, 2.45) is 0 Å². The molecule has 1 saturated carbocycles. The molecule has 0 aliphatic heterocycles. The van der Waals surface area contributed by atoms with Crippen molar-refractivity contribution in [1.82, 2.24) is 9.38 Å². The monoisotopic (exact) mass is 405 g/mol. The van der Waals surface area contributed by atoms with Crippen LogP contribution in [0.15, 0.2) is 17.5 Å². The van der Waals surface area contributed by atoms with Crippen molar-refractivity contribution in [2.45, 2.75) is 44.6 Å². The van der Waals surface area contributed by atoms with E-state index in [1.54, 1.807) is 0 Å². The van der Waals surface area contributed by atoms with Crippen molar-refractivity contribution >= 4 is 28.4 Å². The second-order valence-electron chi connectivity index (χ2n) is 6.97. The van der Waals surface area contributed by atoms with E-state index < -0.39 is 11.6 Å². The number of carbonyl (C=O) groups excluding carboxylic acids is 1. The number of anilines is 1. The molecular weight excluding hydrogens is 384 g/mol. The number of aldehydes is 1. The number of nitrogens with zero attached hydrogens (tertiary/aromatic N) is 2. The number of hydrogen-bond acceptors (Lipinski definition) is 5. The fraction of sp³-hybridized carbons (Fsp3) is 0.400. The van der Waals surface area contributed by atoms with Crippen LogP contribution in [0.3, 0.4) is 0 Å². The molecule has 0 radical (unpaired) electrons. The summed E-state index contributed by atoms with van der Waals surface area (Å²) in [5, 5.41) is 5.32. The quantitative estimate of drug-likeness (QED) is 0.597. The van der Waals surface area contributed by atoms with E-state index in [2.05, 4.69) is 10.3 Å². The maximum Gasteiger partial charge on any atom is 0.196 e. The third-order valence-corrected chi connectivity index (χ3v) is 6.04. The van der Waals surface area contributed by atoms with Crippen LogP contribution in [0.1, 0.15) is 37.8 Å². The number of benzene rings is 1. The first-order valence-electron chi connectivity index (χ1n) is 9.34. The molecule has 1 aromatic carbocycles. The maximum absolute atomic E-state index is 14.8. The first-order valence-corrected chi connectivity index (χ1v) is 10.2. The number of fused-ring (bicyclic) bond motifs is 1. The van der Waals surface area contributed by atoms with Gasteiger partial charge in [-0.15, -0.1) is 11.3 Å². The number of methoxy groups -OCH3 is 1. The lowest BCUT2D eigenvalue weighted by Crippen LogP contribution is -2.23. The molecule has 0 bridgehead atoms. The summed E-state index contributed by atoms with van der Waals surface area (Å²) in [5.74, 6) is -0.802. The fourth-order valence-electron chi connectivity index (χ4n) is 3.79. The third kappa shape index (κ3) is 3.37.